The van der Waals surface area contributed by atoms with Crippen LogP contribution in [0.3, 0.4) is 0 Å². The highest BCUT2D eigenvalue weighted by Gasteiger charge is 2.29. The normalized spacial score (nSPS) is 19.4. The summed E-state index contributed by atoms with van der Waals surface area (Å²) in [6.45, 7) is 0.538. The van der Waals surface area contributed by atoms with Crippen LogP contribution < -0.4 is 11.0 Å². The summed E-state index contributed by atoms with van der Waals surface area (Å²) in [7, 11) is 0. The van der Waals surface area contributed by atoms with Gasteiger partial charge in [0.05, 0.1) is 17.1 Å². The lowest BCUT2D eigenvalue weighted by Crippen LogP contribution is -2.35. The van der Waals surface area contributed by atoms with Crippen molar-refractivity contribution in [3.05, 3.63) is 94.4 Å². The third kappa shape index (κ3) is 4.49. The summed E-state index contributed by atoms with van der Waals surface area (Å²) in [5, 5.41) is 14.3. The molecule has 1 saturated heterocycles. The third-order valence-corrected chi connectivity index (χ3v) is 6.25. The van der Waals surface area contributed by atoms with Crippen molar-refractivity contribution in [3.63, 3.8) is 0 Å². The van der Waals surface area contributed by atoms with Crippen LogP contribution in [-0.2, 0) is 19.4 Å². The highest BCUT2D eigenvalue weighted by Crippen LogP contribution is 2.27. The second-order valence-electron chi connectivity index (χ2n) is 8.49. The second kappa shape index (κ2) is 9.06. The van der Waals surface area contributed by atoms with Gasteiger partial charge in [-0.05, 0) is 48.6 Å². The minimum Gasteiger partial charge on any atom is -0.387 e. The van der Waals surface area contributed by atoms with Crippen LogP contribution >= 0.6 is 0 Å². The molecule has 164 valence electrons. The van der Waals surface area contributed by atoms with Crippen molar-refractivity contribution in [3.8, 4) is 0 Å². The lowest BCUT2D eigenvalue weighted by Gasteiger charge is -2.20. The summed E-state index contributed by atoms with van der Waals surface area (Å²) in [6, 6.07) is 18.4. The first-order valence-corrected chi connectivity index (χ1v) is 11.1. The number of hydrogen-bond donors (Lipinski definition) is 3. The highest BCUT2D eigenvalue weighted by molar-refractivity contribution is 5.75. The summed E-state index contributed by atoms with van der Waals surface area (Å²) in [6.07, 6.45) is 6.32. The second-order valence-corrected chi connectivity index (χ2v) is 8.49. The third-order valence-electron chi connectivity index (χ3n) is 6.25. The van der Waals surface area contributed by atoms with Gasteiger partial charge < -0.3 is 15.4 Å². The minimum absolute atomic E-state index is 0.0840. The fourth-order valence-corrected chi connectivity index (χ4v) is 4.57. The molecular weight excluding hydrogens is 402 g/mol. The number of fused-ring (bicyclic) bond motifs is 1. The Morgan fingerprint density at radius 2 is 2.00 bits per heavy atom. The van der Waals surface area contributed by atoms with E-state index < -0.39 is 6.10 Å². The Balaban J connectivity index is 1.22. The maximum Gasteiger partial charge on any atom is 0.347 e. The molecule has 7 heteroatoms. The van der Waals surface area contributed by atoms with Crippen LogP contribution in [-0.4, -0.2) is 36.7 Å². The number of H-pyrrole nitrogens is 1. The Morgan fingerprint density at radius 1 is 1.12 bits per heavy atom. The van der Waals surface area contributed by atoms with Crippen molar-refractivity contribution in [1.82, 2.24) is 24.8 Å². The van der Waals surface area contributed by atoms with E-state index in [1.165, 1.54) is 11.8 Å². The predicted molar refractivity (Wildman–Crippen MR) is 123 cm³/mol. The van der Waals surface area contributed by atoms with E-state index in [-0.39, 0.29) is 11.7 Å². The first kappa shape index (κ1) is 20.6. The molecule has 2 aromatic carbocycles. The Labute approximate surface area is 186 Å². The van der Waals surface area contributed by atoms with E-state index in [1.807, 2.05) is 36.4 Å². The average molecular weight is 430 g/mol. The van der Waals surface area contributed by atoms with Gasteiger partial charge in [-0.25, -0.2) is 14.8 Å². The Morgan fingerprint density at radius 3 is 2.84 bits per heavy atom. The number of nitrogens with one attached hydrogen (secondary N) is 2. The molecule has 7 nitrogen and oxygen atoms in total. The molecule has 4 aromatic rings. The summed E-state index contributed by atoms with van der Waals surface area (Å²) in [5.41, 5.74) is 3.90. The quantitative estimate of drug-likeness (QED) is 0.420. The Bertz CT molecular complexity index is 1250. The van der Waals surface area contributed by atoms with Crippen LogP contribution in [0, 0.1) is 0 Å². The van der Waals surface area contributed by atoms with Gasteiger partial charge in [0.25, 0.3) is 0 Å². The van der Waals surface area contributed by atoms with E-state index in [0.717, 1.165) is 41.7 Å². The van der Waals surface area contributed by atoms with Gasteiger partial charge in [-0.2, -0.15) is 0 Å². The van der Waals surface area contributed by atoms with Crippen LogP contribution in [0.15, 0.2) is 71.8 Å². The molecule has 2 aromatic heterocycles. The standard InChI is InChI=1S/C25H27N5O2/c31-24(18-5-2-1-3-6-18)21-10-8-19(27-21)15-17-7-9-20-22(16-17)29-23(28-20)11-14-30-13-4-12-26-25(30)32/h1-7,9,12-13,16,19,21,24,27,31H,8,10-11,14-15H2,(H,28,29)/t19-,21+,24?/m0/s1. The monoisotopic (exact) mass is 429 g/mol. The van der Waals surface area contributed by atoms with Crippen molar-refractivity contribution < 1.29 is 5.11 Å². The number of imidazole rings is 1. The van der Waals surface area contributed by atoms with Crippen LogP contribution in [0.4, 0.5) is 0 Å². The van der Waals surface area contributed by atoms with Crippen molar-refractivity contribution in [2.24, 2.45) is 0 Å². The number of hydrogen-bond acceptors (Lipinski definition) is 5. The number of aliphatic hydroxyl groups excluding tert-OH is 1. The van der Waals surface area contributed by atoms with Gasteiger partial charge in [-0.1, -0.05) is 36.4 Å². The number of nitrogens with zero attached hydrogens (tertiary/aromatic N) is 3. The lowest BCUT2D eigenvalue weighted by molar-refractivity contribution is 0.135. The number of aromatic nitrogens is 4. The fourth-order valence-electron chi connectivity index (χ4n) is 4.57. The number of aromatic amines is 1. The van der Waals surface area contributed by atoms with Gasteiger partial charge in [0, 0.05) is 37.4 Å². The molecule has 0 bridgehead atoms. The van der Waals surface area contributed by atoms with Crippen molar-refractivity contribution >= 4 is 11.0 Å². The van der Waals surface area contributed by atoms with Gasteiger partial charge >= 0.3 is 5.69 Å². The van der Waals surface area contributed by atoms with Gasteiger partial charge in [0.1, 0.15) is 5.82 Å². The molecule has 1 fully saturated rings. The van der Waals surface area contributed by atoms with Crippen LogP contribution in [0.2, 0.25) is 0 Å². The molecule has 1 aliphatic rings. The van der Waals surface area contributed by atoms with E-state index in [0.29, 0.717) is 19.0 Å². The minimum atomic E-state index is -0.480. The molecule has 0 spiro atoms. The Kier molecular flexibility index (Phi) is 5.83. The molecule has 0 radical (unpaired) electrons. The van der Waals surface area contributed by atoms with E-state index in [2.05, 4.69) is 32.4 Å². The maximum absolute atomic E-state index is 11.8. The van der Waals surface area contributed by atoms with Crippen molar-refractivity contribution in [2.75, 3.05) is 0 Å². The smallest absolute Gasteiger partial charge is 0.347 e. The lowest BCUT2D eigenvalue weighted by atomic mass is 10.0. The zero-order valence-corrected chi connectivity index (χ0v) is 17.8. The molecule has 0 aliphatic carbocycles. The molecule has 1 aliphatic heterocycles. The SMILES string of the molecule is O=c1ncccn1CCc1nc2ccc(C[C@@H]3CC[C@H](C(O)c4ccccc4)N3)cc2[nH]1. The number of aryl methyl sites for hydroxylation is 2. The average Bonchev–Trinajstić information content (AvgIpc) is 3.45. The van der Waals surface area contributed by atoms with E-state index in [4.69, 9.17) is 0 Å². The van der Waals surface area contributed by atoms with Gasteiger partial charge in [0.2, 0.25) is 0 Å². The number of aliphatic hydroxyl groups is 1. The summed E-state index contributed by atoms with van der Waals surface area (Å²) in [4.78, 5) is 23.6. The zero-order valence-electron chi connectivity index (χ0n) is 17.8. The highest BCUT2D eigenvalue weighted by atomic mass is 16.3. The summed E-state index contributed by atoms with van der Waals surface area (Å²) >= 11 is 0. The summed E-state index contributed by atoms with van der Waals surface area (Å²) in [5.74, 6) is 0.859. The van der Waals surface area contributed by atoms with E-state index in [9.17, 15) is 9.90 Å². The molecule has 5 rings (SSSR count). The largest absolute Gasteiger partial charge is 0.387 e. The zero-order chi connectivity index (χ0) is 21.9. The van der Waals surface area contributed by atoms with E-state index >= 15 is 0 Å². The van der Waals surface area contributed by atoms with Crippen LogP contribution in [0.5, 0.6) is 0 Å². The van der Waals surface area contributed by atoms with Gasteiger partial charge in [-0.15, -0.1) is 0 Å². The molecule has 32 heavy (non-hydrogen) atoms. The molecule has 3 N–H and O–H groups in total. The maximum atomic E-state index is 11.8. The molecular formula is C25H27N5O2. The predicted octanol–water partition coefficient (Wildman–Crippen LogP) is 2.76. The van der Waals surface area contributed by atoms with E-state index in [1.54, 1.807) is 16.8 Å². The molecule has 3 heterocycles. The molecule has 0 amide bonds. The van der Waals surface area contributed by atoms with Crippen molar-refractivity contribution in [2.45, 2.75) is 50.4 Å². The molecule has 1 unspecified atom stereocenters. The van der Waals surface area contributed by atoms with Gasteiger partial charge in [0.15, 0.2) is 0 Å². The molecule has 3 atom stereocenters. The topological polar surface area (TPSA) is 95.8 Å². The molecule has 0 saturated carbocycles. The first-order chi connectivity index (χ1) is 15.7. The fraction of sp³-hybridized carbons (Fsp3) is 0.320. The van der Waals surface area contributed by atoms with Crippen LogP contribution in [0.1, 0.15) is 35.9 Å². The van der Waals surface area contributed by atoms with Gasteiger partial charge in [-0.3, -0.25) is 4.57 Å². The number of rotatable bonds is 7. The number of benzene rings is 2. The van der Waals surface area contributed by atoms with Crippen LogP contribution in [0.25, 0.3) is 11.0 Å². The van der Waals surface area contributed by atoms with Crippen molar-refractivity contribution in [1.29, 1.82) is 0 Å². The summed E-state index contributed by atoms with van der Waals surface area (Å²) < 4.78 is 1.59. The first-order valence-electron chi connectivity index (χ1n) is 11.1. The Hall–Kier alpha value is -3.29.